The summed E-state index contributed by atoms with van der Waals surface area (Å²) >= 11 is 0. The lowest BCUT2D eigenvalue weighted by Crippen LogP contribution is -2.56. The van der Waals surface area contributed by atoms with E-state index < -0.39 is 10.0 Å². The van der Waals surface area contributed by atoms with Crippen LogP contribution in [-0.4, -0.2) is 36.0 Å². The highest BCUT2D eigenvalue weighted by Crippen LogP contribution is 2.14. The Bertz CT molecular complexity index is 1420. The Morgan fingerprint density at radius 1 is 0.733 bits per heavy atom. The van der Waals surface area contributed by atoms with Crippen LogP contribution >= 0.6 is 0 Å². The first-order valence-electron chi connectivity index (χ1n) is 9.20. The normalized spacial score (nSPS) is 13.2. The van der Waals surface area contributed by atoms with Gasteiger partial charge in [0.2, 0.25) is 10.0 Å². The summed E-state index contributed by atoms with van der Waals surface area (Å²) in [5.74, 6) is 0. The van der Waals surface area contributed by atoms with E-state index in [0.29, 0.717) is 5.56 Å². The highest BCUT2D eigenvalue weighted by molar-refractivity contribution is 7.89. The van der Waals surface area contributed by atoms with Crippen molar-refractivity contribution in [2.24, 2.45) is 14.1 Å². The first-order chi connectivity index (χ1) is 14.1. The van der Waals surface area contributed by atoms with Crippen LogP contribution in [0.25, 0.3) is 12.2 Å². The van der Waals surface area contributed by atoms with Crippen molar-refractivity contribution >= 4 is 22.2 Å². The zero-order chi connectivity index (χ0) is 22.1. The highest BCUT2D eigenvalue weighted by atomic mass is 32.2. The summed E-state index contributed by atoms with van der Waals surface area (Å²) in [6.45, 7) is 0. The maximum Gasteiger partial charge on any atom is 0.274 e. The predicted molar refractivity (Wildman–Crippen MR) is 117 cm³/mol. The predicted octanol–water partition coefficient (Wildman–Crippen LogP) is -0.00810. The Balaban J connectivity index is 2.17. The molecule has 0 spiro atoms. The van der Waals surface area contributed by atoms with E-state index in [1.807, 2.05) is 30.3 Å². The van der Waals surface area contributed by atoms with Gasteiger partial charge in [-0.3, -0.25) is 9.59 Å². The molecule has 0 unspecified atom stereocenters. The number of nitrogens with zero attached hydrogens (tertiary/aromatic N) is 3. The van der Waals surface area contributed by atoms with Crippen LogP contribution in [0.3, 0.4) is 0 Å². The van der Waals surface area contributed by atoms with Crippen LogP contribution in [0.2, 0.25) is 0 Å². The quantitative estimate of drug-likeness (QED) is 0.589. The molecule has 0 saturated heterocycles. The third kappa shape index (κ3) is 4.05. The average molecular weight is 426 g/mol. The van der Waals surface area contributed by atoms with Crippen molar-refractivity contribution < 1.29 is 8.42 Å². The molecular formula is C22H23N3O4S. The van der Waals surface area contributed by atoms with Crippen LogP contribution in [0.15, 0.2) is 69.1 Å². The van der Waals surface area contributed by atoms with Crippen LogP contribution in [0.5, 0.6) is 0 Å². The Morgan fingerprint density at radius 3 is 1.60 bits per heavy atom. The average Bonchev–Trinajstić information content (AvgIpc) is 2.74. The van der Waals surface area contributed by atoms with Gasteiger partial charge in [-0.05, 0) is 35.4 Å². The van der Waals surface area contributed by atoms with E-state index >= 15 is 0 Å². The first kappa shape index (κ1) is 21.5. The lowest BCUT2D eigenvalue weighted by Gasteiger charge is -2.11. The minimum Gasteiger partial charge on any atom is -0.305 e. The summed E-state index contributed by atoms with van der Waals surface area (Å²) in [5, 5.41) is 0.481. The molecule has 7 nitrogen and oxygen atoms in total. The molecule has 0 saturated carbocycles. The Labute approximate surface area is 174 Å². The zero-order valence-electron chi connectivity index (χ0n) is 17.2. The van der Waals surface area contributed by atoms with Gasteiger partial charge in [0.05, 0.1) is 4.90 Å². The molecule has 8 heteroatoms. The van der Waals surface area contributed by atoms with Crippen molar-refractivity contribution in [1.29, 1.82) is 0 Å². The SMILES string of the molecule is CN(C)S(=O)(=O)c1ccc(C=c2c(=O)n(C)c(=Cc3ccccc3)c(=O)n2C)cc1. The Morgan fingerprint density at radius 2 is 1.17 bits per heavy atom. The molecular weight excluding hydrogens is 402 g/mol. The number of hydrogen-bond donors (Lipinski definition) is 0. The van der Waals surface area contributed by atoms with Gasteiger partial charge in [-0.1, -0.05) is 42.5 Å². The smallest absolute Gasteiger partial charge is 0.274 e. The maximum absolute atomic E-state index is 12.9. The molecule has 3 rings (SSSR count). The van der Waals surface area contributed by atoms with Crippen LogP contribution in [0.4, 0.5) is 0 Å². The lowest BCUT2D eigenvalue weighted by molar-refractivity contribution is 0.521. The fourth-order valence-corrected chi connectivity index (χ4v) is 3.88. The number of hydrogen-bond acceptors (Lipinski definition) is 4. The molecule has 156 valence electrons. The molecule has 0 radical (unpaired) electrons. The number of sulfonamides is 1. The molecule has 0 atom stereocenters. The molecule has 0 fully saturated rings. The van der Waals surface area contributed by atoms with Crippen molar-refractivity contribution in [3.05, 3.63) is 97.1 Å². The van der Waals surface area contributed by atoms with Crippen LogP contribution in [-0.2, 0) is 24.1 Å². The third-order valence-electron chi connectivity index (χ3n) is 4.84. The van der Waals surface area contributed by atoms with E-state index in [4.69, 9.17) is 0 Å². The topological polar surface area (TPSA) is 81.4 Å². The van der Waals surface area contributed by atoms with Crippen molar-refractivity contribution in [1.82, 2.24) is 13.4 Å². The standard InChI is InChI=1S/C22H23N3O4S/c1-23(2)30(28,29)18-12-10-17(11-13-18)15-20-22(27)24(3)19(21(26)25(20)4)14-16-8-6-5-7-9-16/h5-15H,1-4H3. The van der Waals surface area contributed by atoms with Crippen molar-refractivity contribution in [2.45, 2.75) is 4.90 Å². The van der Waals surface area contributed by atoms with Crippen LogP contribution in [0, 0.1) is 0 Å². The van der Waals surface area contributed by atoms with Crippen molar-refractivity contribution in [3.63, 3.8) is 0 Å². The van der Waals surface area contributed by atoms with Gasteiger partial charge >= 0.3 is 0 Å². The number of benzene rings is 2. The maximum atomic E-state index is 12.9. The molecule has 0 aliphatic heterocycles. The van der Waals surface area contributed by atoms with E-state index in [1.54, 1.807) is 38.4 Å². The molecule has 30 heavy (non-hydrogen) atoms. The van der Waals surface area contributed by atoms with Gasteiger partial charge in [-0.25, -0.2) is 12.7 Å². The molecule has 0 aliphatic rings. The largest absolute Gasteiger partial charge is 0.305 e. The minimum atomic E-state index is -3.54. The molecule has 1 aromatic heterocycles. The van der Waals surface area contributed by atoms with Gasteiger partial charge in [0.15, 0.2) is 0 Å². The van der Waals surface area contributed by atoms with Gasteiger partial charge in [-0.15, -0.1) is 0 Å². The van der Waals surface area contributed by atoms with Gasteiger partial charge in [-0.2, -0.15) is 0 Å². The first-order valence-corrected chi connectivity index (χ1v) is 10.6. The summed E-state index contributed by atoms with van der Waals surface area (Å²) in [5.41, 5.74) is 0.793. The second-order valence-electron chi connectivity index (χ2n) is 7.05. The fourth-order valence-electron chi connectivity index (χ4n) is 2.98. The monoisotopic (exact) mass is 425 g/mol. The molecule has 2 aromatic carbocycles. The van der Waals surface area contributed by atoms with E-state index in [2.05, 4.69) is 0 Å². The number of rotatable bonds is 4. The van der Waals surface area contributed by atoms with E-state index in [9.17, 15) is 18.0 Å². The van der Waals surface area contributed by atoms with Crippen molar-refractivity contribution in [2.75, 3.05) is 14.1 Å². The second kappa shape index (κ2) is 8.25. The Kier molecular flexibility index (Phi) is 5.91. The zero-order valence-corrected chi connectivity index (χ0v) is 18.1. The van der Waals surface area contributed by atoms with Gasteiger partial charge in [0, 0.05) is 28.2 Å². The molecule has 0 N–H and O–H groups in total. The molecule has 0 bridgehead atoms. The summed E-state index contributed by atoms with van der Waals surface area (Å²) in [6, 6.07) is 15.5. The molecule has 1 heterocycles. The lowest BCUT2D eigenvalue weighted by atomic mass is 10.2. The van der Waals surface area contributed by atoms with Crippen LogP contribution < -0.4 is 21.8 Å². The van der Waals surface area contributed by atoms with Crippen LogP contribution in [0.1, 0.15) is 11.1 Å². The Hall–Kier alpha value is -3.23. The van der Waals surface area contributed by atoms with E-state index in [0.717, 1.165) is 9.87 Å². The van der Waals surface area contributed by atoms with Gasteiger partial charge < -0.3 is 9.13 Å². The molecule has 3 aromatic rings. The number of aromatic nitrogens is 2. The molecule has 0 aliphatic carbocycles. The summed E-state index contributed by atoms with van der Waals surface area (Å²) < 4.78 is 28.2. The van der Waals surface area contributed by atoms with Gasteiger partial charge in [0.1, 0.15) is 10.7 Å². The minimum absolute atomic E-state index is 0.152. The van der Waals surface area contributed by atoms with Crippen molar-refractivity contribution in [3.8, 4) is 0 Å². The van der Waals surface area contributed by atoms with E-state index in [-0.39, 0.29) is 26.7 Å². The summed E-state index contributed by atoms with van der Waals surface area (Å²) in [7, 11) is 2.49. The summed E-state index contributed by atoms with van der Waals surface area (Å²) in [4.78, 5) is 26.0. The third-order valence-corrected chi connectivity index (χ3v) is 6.66. The van der Waals surface area contributed by atoms with Gasteiger partial charge in [0.25, 0.3) is 11.1 Å². The molecule has 0 amide bonds. The van der Waals surface area contributed by atoms with E-state index in [1.165, 1.54) is 35.4 Å². The second-order valence-corrected chi connectivity index (χ2v) is 9.21. The fraction of sp³-hybridized carbons (Fsp3) is 0.182. The highest BCUT2D eigenvalue weighted by Gasteiger charge is 2.16. The summed E-state index contributed by atoms with van der Waals surface area (Å²) in [6.07, 6.45) is 3.25.